The first kappa shape index (κ1) is 13.2. The molecule has 1 aromatic carbocycles. The van der Waals surface area contributed by atoms with Crippen LogP contribution < -0.4 is 5.43 Å². The molecule has 0 bridgehead atoms. The number of rotatable bonds is 2. The highest BCUT2D eigenvalue weighted by Crippen LogP contribution is 2.16. The maximum Gasteiger partial charge on any atom is 0.253 e. The molecule has 5 heteroatoms. The number of H-pyrrole nitrogens is 1. The zero-order valence-corrected chi connectivity index (χ0v) is 11.7. The van der Waals surface area contributed by atoms with Crippen LogP contribution in [0.1, 0.15) is 28.9 Å². The highest BCUT2D eigenvalue weighted by molar-refractivity contribution is 6.17. The van der Waals surface area contributed by atoms with Crippen LogP contribution in [-0.2, 0) is 5.88 Å². The van der Waals surface area contributed by atoms with Gasteiger partial charge in [0.05, 0.1) is 5.88 Å². The predicted molar refractivity (Wildman–Crippen MR) is 79.3 cm³/mol. The first-order chi connectivity index (χ1) is 9.69. The van der Waals surface area contributed by atoms with Crippen molar-refractivity contribution in [3.63, 3.8) is 0 Å². The number of carbonyl (C=O) groups excluding carboxylic acids is 1. The van der Waals surface area contributed by atoms with E-state index in [0.29, 0.717) is 22.2 Å². The molecule has 1 amide bonds. The summed E-state index contributed by atoms with van der Waals surface area (Å²) in [6.45, 7) is 1.61. The molecule has 104 valence electrons. The molecule has 0 aliphatic carbocycles. The molecule has 0 unspecified atom stereocenters. The monoisotopic (exact) mass is 290 g/mol. The summed E-state index contributed by atoms with van der Waals surface area (Å²) in [6.07, 6.45) is 2.11. The van der Waals surface area contributed by atoms with E-state index >= 15 is 0 Å². The second-order valence-electron chi connectivity index (χ2n) is 5.05. The van der Waals surface area contributed by atoms with Crippen LogP contribution in [0.2, 0.25) is 0 Å². The topological polar surface area (TPSA) is 53.2 Å². The third-order valence-electron chi connectivity index (χ3n) is 3.67. The number of hydrogen-bond donors (Lipinski definition) is 1. The summed E-state index contributed by atoms with van der Waals surface area (Å²) in [4.78, 5) is 29.3. The van der Waals surface area contributed by atoms with E-state index in [1.807, 2.05) is 4.90 Å². The Labute approximate surface area is 121 Å². The summed E-state index contributed by atoms with van der Waals surface area (Å²) in [5, 5.41) is 0.531. The average Bonchev–Trinajstić information content (AvgIpc) is 3.00. The normalized spacial score (nSPS) is 14.9. The highest BCUT2D eigenvalue weighted by atomic mass is 35.5. The van der Waals surface area contributed by atoms with Gasteiger partial charge < -0.3 is 9.88 Å². The van der Waals surface area contributed by atoms with Crippen LogP contribution in [0.15, 0.2) is 29.1 Å². The number of hydrogen-bond acceptors (Lipinski definition) is 2. The molecule has 2 aromatic rings. The van der Waals surface area contributed by atoms with Gasteiger partial charge in [0, 0.05) is 41.3 Å². The number of aromatic nitrogens is 1. The van der Waals surface area contributed by atoms with Crippen LogP contribution in [0, 0.1) is 0 Å². The van der Waals surface area contributed by atoms with Crippen LogP contribution in [0.4, 0.5) is 0 Å². The Morgan fingerprint density at radius 3 is 2.70 bits per heavy atom. The van der Waals surface area contributed by atoms with E-state index in [9.17, 15) is 9.59 Å². The lowest BCUT2D eigenvalue weighted by Gasteiger charge is -2.15. The third-order valence-corrected chi connectivity index (χ3v) is 3.96. The molecule has 1 saturated heterocycles. The quantitative estimate of drug-likeness (QED) is 0.864. The number of nitrogens with zero attached hydrogens (tertiary/aromatic N) is 1. The predicted octanol–water partition coefficient (Wildman–Crippen LogP) is 2.50. The molecular weight excluding hydrogens is 276 g/mol. The Morgan fingerprint density at radius 2 is 2.00 bits per heavy atom. The fraction of sp³-hybridized carbons (Fsp3) is 0.333. The van der Waals surface area contributed by atoms with Crippen LogP contribution in [0.3, 0.4) is 0 Å². The number of nitrogens with one attached hydrogen (secondary N) is 1. The van der Waals surface area contributed by atoms with Crippen molar-refractivity contribution in [1.29, 1.82) is 0 Å². The third kappa shape index (κ3) is 2.31. The maximum atomic E-state index is 12.3. The van der Waals surface area contributed by atoms with E-state index in [1.54, 1.807) is 18.2 Å². The van der Waals surface area contributed by atoms with Crippen LogP contribution in [-0.4, -0.2) is 28.9 Å². The molecule has 0 radical (unpaired) electrons. The molecule has 20 heavy (non-hydrogen) atoms. The molecule has 1 aliphatic heterocycles. The van der Waals surface area contributed by atoms with Gasteiger partial charge in [-0.05, 0) is 31.0 Å². The van der Waals surface area contributed by atoms with E-state index in [4.69, 9.17) is 11.6 Å². The minimum atomic E-state index is -0.106. The van der Waals surface area contributed by atoms with Gasteiger partial charge in [0.15, 0.2) is 5.43 Å². The summed E-state index contributed by atoms with van der Waals surface area (Å²) in [7, 11) is 0. The van der Waals surface area contributed by atoms with Crippen molar-refractivity contribution in [3.05, 3.63) is 45.7 Å². The van der Waals surface area contributed by atoms with Gasteiger partial charge in [0.1, 0.15) is 0 Å². The minimum Gasteiger partial charge on any atom is -0.357 e. The number of halogens is 1. The zero-order chi connectivity index (χ0) is 14.1. The number of pyridine rings is 1. The van der Waals surface area contributed by atoms with Gasteiger partial charge in [0.2, 0.25) is 0 Å². The van der Waals surface area contributed by atoms with Crippen LogP contribution in [0.25, 0.3) is 10.9 Å². The first-order valence-corrected chi connectivity index (χ1v) is 7.24. The summed E-state index contributed by atoms with van der Waals surface area (Å²) in [6, 6.07) is 6.69. The van der Waals surface area contributed by atoms with Gasteiger partial charge in [0.25, 0.3) is 5.91 Å². The number of amides is 1. The van der Waals surface area contributed by atoms with Crippen molar-refractivity contribution in [3.8, 4) is 0 Å². The van der Waals surface area contributed by atoms with Gasteiger partial charge in [-0.3, -0.25) is 9.59 Å². The van der Waals surface area contributed by atoms with E-state index in [-0.39, 0.29) is 17.2 Å². The van der Waals surface area contributed by atoms with Crippen molar-refractivity contribution in [1.82, 2.24) is 9.88 Å². The number of aromatic amines is 1. The molecule has 1 aromatic heterocycles. The largest absolute Gasteiger partial charge is 0.357 e. The zero-order valence-electron chi connectivity index (χ0n) is 11.0. The maximum absolute atomic E-state index is 12.3. The lowest BCUT2D eigenvalue weighted by atomic mass is 10.1. The fourth-order valence-corrected chi connectivity index (χ4v) is 2.75. The van der Waals surface area contributed by atoms with E-state index in [2.05, 4.69) is 4.98 Å². The summed E-state index contributed by atoms with van der Waals surface area (Å²) in [5.41, 5.74) is 1.86. The molecule has 0 spiro atoms. The second-order valence-corrected chi connectivity index (χ2v) is 5.32. The molecular formula is C15H15ClN2O2. The molecule has 4 nitrogen and oxygen atoms in total. The Hall–Kier alpha value is -1.81. The van der Waals surface area contributed by atoms with E-state index < -0.39 is 0 Å². The summed E-state index contributed by atoms with van der Waals surface area (Å²) >= 11 is 5.74. The number of likely N-dealkylation sites (tertiary alicyclic amines) is 1. The van der Waals surface area contributed by atoms with Gasteiger partial charge in [-0.15, -0.1) is 11.6 Å². The Kier molecular flexibility index (Phi) is 3.49. The Morgan fingerprint density at radius 1 is 1.25 bits per heavy atom. The molecule has 2 heterocycles. The SMILES string of the molecule is O=C(c1ccc2[nH]c(CCl)cc(=O)c2c1)N1CCCC1. The van der Waals surface area contributed by atoms with Crippen molar-refractivity contribution < 1.29 is 4.79 Å². The molecule has 3 rings (SSSR count). The fourth-order valence-electron chi connectivity index (χ4n) is 2.61. The number of carbonyl (C=O) groups is 1. The molecule has 0 saturated carbocycles. The lowest BCUT2D eigenvalue weighted by Crippen LogP contribution is -2.27. The van der Waals surface area contributed by atoms with Crippen LogP contribution in [0.5, 0.6) is 0 Å². The number of alkyl halides is 1. The molecule has 1 aliphatic rings. The van der Waals surface area contributed by atoms with Gasteiger partial charge >= 0.3 is 0 Å². The number of fused-ring (bicyclic) bond motifs is 1. The molecule has 1 N–H and O–H groups in total. The van der Waals surface area contributed by atoms with Gasteiger partial charge in [-0.2, -0.15) is 0 Å². The van der Waals surface area contributed by atoms with Crippen molar-refractivity contribution in [2.45, 2.75) is 18.7 Å². The Balaban J connectivity index is 2.04. The van der Waals surface area contributed by atoms with Crippen molar-refractivity contribution >= 4 is 28.4 Å². The van der Waals surface area contributed by atoms with Crippen LogP contribution >= 0.6 is 11.6 Å². The minimum absolute atomic E-state index is 0.00483. The summed E-state index contributed by atoms with van der Waals surface area (Å²) < 4.78 is 0. The van der Waals surface area contributed by atoms with Gasteiger partial charge in [-0.25, -0.2) is 0 Å². The van der Waals surface area contributed by atoms with Gasteiger partial charge in [-0.1, -0.05) is 0 Å². The van der Waals surface area contributed by atoms with Crippen molar-refractivity contribution in [2.24, 2.45) is 0 Å². The Bertz CT molecular complexity index is 717. The van der Waals surface area contributed by atoms with E-state index in [1.165, 1.54) is 6.07 Å². The second kappa shape index (κ2) is 5.29. The lowest BCUT2D eigenvalue weighted by molar-refractivity contribution is 0.0793. The first-order valence-electron chi connectivity index (χ1n) is 6.70. The highest BCUT2D eigenvalue weighted by Gasteiger charge is 2.19. The number of benzene rings is 1. The van der Waals surface area contributed by atoms with Crippen molar-refractivity contribution in [2.75, 3.05) is 13.1 Å². The molecule has 1 fully saturated rings. The smallest absolute Gasteiger partial charge is 0.253 e. The van der Waals surface area contributed by atoms with E-state index in [0.717, 1.165) is 25.9 Å². The molecule has 0 atom stereocenters. The average molecular weight is 291 g/mol. The summed E-state index contributed by atoms with van der Waals surface area (Å²) in [5.74, 6) is 0.268. The standard InChI is InChI=1S/C15H15ClN2O2/c16-9-11-8-14(19)12-7-10(3-4-13(12)17-11)15(20)18-5-1-2-6-18/h3-4,7-8H,1-2,5-6,9H2,(H,17,19).